The van der Waals surface area contributed by atoms with Gasteiger partial charge in [0.25, 0.3) is 5.91 Å². The Bertz CT molecular complexity index is 876. The van der Waals surface area contributed by atoms with Crippen LogP contribution in [0, 0.1) is 0 Å². The average Bonchev–Trinajstić information content (AvgIpc) is 3.11. The molecular formula is C20H23F3N2O3S. The standard InChI is InChI=1S/C20H23F3N2O3S/c1-12-8-9-13(15-10-17(29-24-15)19(2,3)27)11-25(12)18(26)14-6-4-5-7-16(14)28-20(21,22)23/h4-7,10,12-13,27H,8-9,11H2,1-3H3/t12-,13-/m1/s1. The Kier molecular flexibility index (Phi) is 5.91. The normalized spacial score (nSPS) is 20.6. The van der Waals surface area contributed by atoms with Crippen molar-refractivity contribution in [3.63, 3.8) is 0 Å². The minimum absolute atomic E-state index is 0.0433. The second kappa shape index (κ2) is 7.95. The van der Waals surface area contributed by atoms with Gasteiger partial charge in [-0.05, 0) is 63.3 Å². The van der Waals surface area contributed by atoms with Crippen LogP contribution >= 0.6 is 11.5 Å². The summed E-state index contributed by atoms with van der Waals surface area (Å²) in [4.78, 5) is 15.4. The van der Waals surface area contributed by atoms with Crippen molar-refractivity contribution in [2.24, 2.45) is 0 Å². The summed E-state index contributed by atoms with van der Waals surface area (Å²) in [6, 6.07) is 7.11. The van der Waals surface area contributed by atoms with Gasteiger partial charge in [0, 0.05) is 18.5 Å². The number of hydrogen-bond acceptors (Lipinski definition) is 5. The maximum Gasteiger partial charge on any atom is 0.573 e. The minimum Gasteiger partial charge on any atom is -0.405 e. The molecule has 1 fully saturated rings. The van der Waals surface area contributed by atoms with Crippen LogP contribution in [0.5, 0.6) is 5.75 Å². The number of carbonyl (C=O) groups is 1. The average molecular weight is 428 g/mol. The lowest BCUT2D eigenvalue weighted by atomic mass is 9.89. The second-order valence-corrected chi connectivity index (χ2v) is 8.60. The Morgan fingerprint density at radius 2 is 1.97 bits per heavy atom. The van der Waals surface area contributed by atoms with Gasteiger partial charge in [-0.3, -0.25) is 4.79 Å². The van der Waals surface area contributed by atoms with E-state index < -0.39 is 23.6 Å². The molecular weight excluding hydrogens is 405 g/mol. The zero-order chi connectivity index (χ0) is 21.4. The van der Waals surface area contributed by atoms with Crippen molar-refractivity contribution in [1.82, 2.24) is 9.27 Å². The van der Waals surface area contributed by atoms with E-state index in [1.165, 1.54) is 29.7 Å². The number of likely N-dealkylation sites (tertiary alicyclic amines) is 1. The molecule has 1 amide bonds. The molecule has 0 aliphatic carbocycles. The summed E-state index contributed by atoms with van der Waals surface area (Å²) in [6.45, 7) is 5.58. The van der Waals surface area contributed by atoms with Gasteiger partial charge in [0.2, 0.25) is 0 Å². The molecule has 1 aliphatic rings. The number of amides is 1. The summed E-state index contributed by atoms with van der Waals surface area (Å²) in [5.41, 5.74) is -0.328. The number of carbonyl (C=O) groups excluding carboxylic acids is 1. The molecule has 0 unspecified atom stereocenters. The molecule has 1 aliphatic heterocycles. The molecule has 9 heteroatoms. The third-order valence-electron chi connectivity index (χ3n) is 5.04. The molecule has 0 spiro atoms. The quantitative estimate of drug-likeness (QED) is 0.768. The van der Waals surface area contributed by atoms with Crippen LogP contribution in [0.1, 0.15) is 60.5 Å². The van der Waals surface area contributed by atoms with Gasteiger partial charge in [-0.1, -0.05) is 12.1 Å². The lowest BCUT2D eigenvalue weighted by molar-refractivity contribution is -0.274. The number of para-hydroxylation sites is 1. The first-order valence-corrected chi connectivity index (χ1v) is 10.1. The fourth-order valence-electron chi connectivity index (χ4n) is 3.41. The van der Waals surface area contributed by atoms with Gasteiger partial charge in [-0.25, -0.2) is 0 Å². The summed E-state index contributed by atoms with van der Waals surface area (Å²) in [7, 11) is 0. The van der Waals surface area contributed by atoms with Crippen LogP contribution in [0.2, 0.25) is 0 Å². The second-order valence-electron chi connectivity index (χ2n) is 7.80. The Morgan fingerprint density at radius 1 is 1.28 bits per heavy atom. The molecule has 0 saturated carbocycles. The van der Waals surface area contributed by atoms with Crippen molar-refractivity contribution in [3.05, 3.63) is 46.5 Å². The molecule has 2 aromatic rings. The fraction of sp³-hybridized carbons (Fsp3) is 0.500. The molecule has 1 N–H and O–H groups in total. The summed E-state index contributed by atoms with van der Waals surface area (Å²) in [6.07, 6.45) is -3.37. The number of ether oxygens (including phenoxy) is 1. The SMILES string of the molecule is C[C@@H]1CC[C@@H](c2cc(C(C)(C)O)sn2)CN1C(=O)c1ccccc1OC(F)(F)F. The van der Waals surface area contributed by atoms with E-state index in [4.69, 9.17) is 0 Å². The zero-order valence-corrected chi connectivity index (χ0v) is 17.2. The van der Waals surface area contributed by atoms with Gasteiger partial charge >= 0.3 is 6.36 Å². The van der Waals surface area contributed by atoms with Gasteiger partial charge < -0.3 is 14.7 Å². The number of piperidine rings is 1. The van der Waals surface area contributed by atoms with Crippen LogP contribution in [-0.4, -0.2) is 39.2 Å². The molecule has 5 nitrogen and oxygen atoms in total. The van der Waals surface area contributed by atoms with Crippen molar-refractivity contribution in [2.45, 2.75) is 57.5 Å². The fourth-order valence-corrected chi connectivity index (χ4v) is 4.22. The van der Waals surface area contributed by atoms with E-state index in [0.717, 1.165) is 23.1 Å². The van der Waals surface area contributed by atoms with Crippen molar-refractivity contribution in [2.75, 3.05) is 6.54 Å². The van der Waals surface area contributed by atoms with E-state index in [0.29, 0.717) is 13.0 Å². The van der Waals surface area contributed by atoms with Crippen LogP contribution in [0.15, 0.2) is 30.3 Å². The Hall–Kier alpha value is -2.13. The largest absolute Gasteiger partial charge is 0.573 e. The predicted molar refractivity (Wildman–Crippen MR) is 103 cm³/mol. The summed E-state index contributed by atoms with van der Waals surface area (Å²) in [5, 5.41) is 10.2. The van der Waals surface area contributed by atoms with Gasteiger partial charge in [0.1, 0.15) is 5.75 Å². The molecule has 2 atom stereocenters. The van der Waals surface area contributed by atoms with Crippen LogP contribution in [0.25, 0.3) is 0 Å². The maximum atomic E-state index is 13.1. The third kappa shape index (κ3) is 5.08. The van der Waals surface area contributed by atoms with Crippen molar-refractivity contribution < 1.29 is 27.8 Å². The first-order valence-electron chi connectivity index (χ1n) is 9.31. The Balaban J connectivity index is 1.83. The first-order chi connectivity index (χ1) is 13.5. The van der Waals surface area contributed by atoms with E-state index in [1.807, 2.05) is 13.0 Å². The summed E-state index contributed by atoms with van der Waals surface area (Å²) < 4.78 is 46.6. The van der Waals surface area contributed by atoms with Crippen molar-refractivity contribution >= 4 is 17.4 Å². The first kappa shape index (κ1) is 21.6. The van der Waals surface area contributed by atoms with E-state index >= 15 is 0 Å². The lowest BCUT2D eigenvalue weighted by Gasteiger charge is -2.37. The number of nitrogens with zero attached hydrogens (tertiary/aromatic N) is 2. The van der Waals surface area contributed by atoms with Crippen molar-refractivity contribution in [1.29, 1.82) is 0 Å². The van der Waals surface area contributed by atoms with Gasteiger partial charge in [-0.15, -0.1) is 13.2 Å². The number of aliphatic hydroxyl groups is 1. The monoisotopic (exact) mass is 428 g/mol. The van der Waals surface area contributed by atoms with E-state index in [2.05, 4.69) is 9.11 Å². The van der Waals surface area contributed by atoms with Crippen LogP contribution < -0.4 is 4.74 Å². The molecule has 3 rings (SSSR count). The molecule has 1 saturated heterocycles. The molecule has 2 heterocycles. The predicted octanol–water partition coefficient (Wildman–Crippen LogP) is 4.68. The third-order valence-corrected chi connectivity index (χ3v) is 6.15. The van der Waals surface area contributed by atoms with E-state index in [-0.39, 0.29) is 17.5 Å². The van der Waals surface area contributed by atoms with E-state index in [1.54, 1.807) is 18.7 Å². The molecule has 1 aromatic carbocycles. The Labute approximate surface area is 171 Å². The maximum absolute atomic E-state index is 13.1. The topological polar surface area (TPSA) is 62.7 Å². The molecule has 1 aromatic heterocycles. The van der Waals surface area contributed by atoms with Crippen LogP contribution in [0.4, 0.5) is 13.2 Å². The number of benzene rings is 1. The highest BCUT2D eigenvalue weighted by atomic mass is 32.1. The summed E-state index contributed by atoms with van der Waals surface area (Å²) >= 11 is 1.22. The van der Waals surface area contributed by atoms with Gasteiger partial charge in [-0.2, -0.15) is 4.37 Å². The highest BCUT2D eigenvalue weighted by Gasteiger charge is 2.36. The number of alkyl halides is 3. The highest BCUT2D eigenvalue weighted by Crippen LogP contribution is 2.35. The smallest absolute Gasteiger partial charge is 0.405 e. The molecule has 0 radical (unpaired) electrons. The van der Waals surface area contributed by atoms with E-state index in [9.17, 15) is 23.1 Å². The van der Waals surface area contributed by atoms with Crippen LogP contribution in [0.3, 0.4) is 0 Å². The summed E-state index contributed by atoms with van der Waals surface area (Å²) in [5.74, 6) is -1.05. The molecule has 0 bridgehead atoms. The number of aromatic nitrogens is 1. The minimum atomic E-state index is -4.87. The molecule has 29 heavy (non-hydrogen) atoms. The van der Waals surface area contributed by atoms with Gasteiger partial charge in [0.05, 0.1) is 21.7 Å². The number of hydrogen-bond donors (Lipinski definition) is 1. The van der Waals surface area contributed by atoms with Crippen molar-refractivity contribution in [3.8, 4) is 5.75 Å². The molecule has 158 valence electrons. The zero-order valence-electron chi connectivity index (χ0n) is 16.4. The van der Waals surface area contributed by atoms with Crippen LogP contribution in [-0.2, 0) is 5.60 Å². The number of rotatable bonds is 4. The van der Waals surface area contributed by atoms with Gasteiger partial charge in [0.15, 0.2) is 0 Å². The Morgan fingerprint density at radius 3 is 2.59 bits per heavy atom. The highest BCUT2D eigenvalue weighted by molar-refractivity contribution is 7.06. The number of halogens is 3. The lowest BCUT2D eigenvalue weighted by Crippen LogP contribution is -2.45.